The third-order valence-corrected chi connectivity index (χ3v) is 2.87. The van der Waals surface area contributed by atoms with Crippen LogP contribution in [0.15, 0.2) is 12.4 Å². The fourth-order valence-corrected chi connectivity index (χ4v) is 1.92. The van der Waals surface area contributed by atoms with Crippen LogP contribution in [-0.2, 0) is 14.3 Å². The third-order valence-electron chi connectivity index (χ3n) is 2.87. The number of amides is 4. The summed E-state index contributed by atoms with van der Waals surface area (Å²) < 4.78 is 10.2. The predicted octanol–water partition coefficient (Wildman–Crippen LogP) is -0.769. The van der Waals surface area contributed by atoms with Crippen LogP contribution in [-0.4, -0.2) is 53.1 Å². The van der Waals surface area contributed by atoms with Crippen LogP contribution in [0.3, 0.4) is 0 Å². The van der Waals surface area contributed by atoms with Crippen LogP contribution in [0.2, 0.25) is 0 Å². The molecule has 2 rings (SSSR count). The molecule has 9 heteroatoms. The summed E-state index contributed by atoms with van der Waals surface area (Å²) >= 11 is 0. The molecule has 1 saturated heterocycles. The highest BCUT2D eigenvalue weighted by Gasteiger charge is 2.39. The molecule has 0 aromatic carbocycles. The topological polar surface area (TPSA) is 117 Å². The van der Waals surface area contributed by atoms with Crippen LogP contribution in [0.25, 0.3) is 0 Å². The number of ether oxygens (including phenoxy) is 2. The quantitative estimate of drug-likeness (QED) is 0.586. The zero-order valence-corrected chi connectivity index (χ0v) is 10.7. The number of nitrogens with one attached hydrogen (secondary N) is 2. The van der Waals surface area contributed by atoms with Crippen molar-refractivity contribution in [1.29, 1.82) is 0 Å². The first-order chi connectivity index (χ1) is 9.47. The Kier molecular flexibility index (Phi) is 4.20. The van der Waals surface area contributed by atoms with Crippen molar-refractivity contribution in [2.75, 3.05) is 6.61 Å². The van der Waals surface area contributed by atoms with E-state index in [0.717, 1.165) is 4.90 Å². The SMILES string of the molecule is CC(=O)OC[C@H]1O[C@@H](N2C=CNC(=O)NC2=O)C[C@@H]1O. The van der Waals surface area contributed by atoms with E-state index in [1.54, 1.807) is 0 Å². The molecule has 3 atom stereocenters. The van der Waals surface area contributed by atoms with Crippen molar-refractivity contribution in [2.45, 2.75) is 31.8 Å². The Labute approximate surface area is 114 Å². The number of rotatable bonds is 3. The molecular formula is C11H15N3O6. The van der Waals surface area contributed by atoms with Gasteiger partial charge in [-0.1, -0.05) is 0 Å². The molecule has 0 aromatic heterocycles. The molecule has 0 aliphatic carbocycles. The molecule has 2 aliphatic heterocycles. The molecule has 4 amide bonds. The van der Waals surface area contributed by atoms with Gasteiger partial charge in [0.05, 0.1) is 6.10 Å². The lowest BCUT2D eigenvalue weighted by Gasteiger charge is -2.23. The standard InChI is InChI=1S/C11H15N3O6/c1-6(15)19-5-8-7(16)4-9(20-8)14-3-2-12-10(17)13-11(14)18/h2-3,7-9,16H,4-5H2,1H3,(H2,12,13,17,18)/t7-,8+,9+/m0/s1. The molecule has 110 valence electrons. The van der Waals surface area contributed by atoms with E-state index in [0.29, 0.717) is 0 Å². The number of nitrogens with zero attached hydrogens (tertiary/aromatic N) is 1. The first-order valence-electron chi connectivity index (χ1n) is 6.00. The maximum absolute atomic E-state index is 11.7. The lowest BCUT2D eigenvalue weighted by atomic mass is 10.2. The number of carbonyl (C=O) groups is 3. The van der Waals surface area contributed by atoms with Crippen LogP contribution in [0.4, 0.5) is 9.59 Å². The summed E-state index contributed by atoms with van der Waals surface area (Å²) in [6, 6.07) is -1.31. The fourth-order valence-electron chi connectivity index (χ4n) is 1.92. The molecule has 3 N–H and O–H groups in total. The van der Waals surface area contributed by atoms with Crippen molar-refractivity contribution in [3.05, 3.63) is 12.4 Å². The Morgan fingerprint density at radius 2 is 2.35 bits per heavy atom. The normalized spacial score (nSPS) is 29.7. The minimum absolute atomic E-state index is 0.0939. The molecule has 0 aromatic rings. The second-order valence-electron chi connectivity index (χ2n) is 4.36. The molecule has 1 fully saturated rings. The number of aliphatic hydroxyl groups excluding tert-OH is 1. The zero-order valence-electron chi connectivity index (χ0n) is 10.7. The lowest BCUT2D eigenvalue weighted by Crippen LogP contribution is -2.45. The maximum atomic E-state index is 11.7. The first kappa shape index (κ1) is 14.3. The predicted molar refractivity (Wildman–Crippen MR) is 64.0 cm³/mol. The highest BCUT2D eigenvalue weighted by atomic mass is 16.6. The van der Waals surface area contributed by atoms with E-state index in [1.807, 2.05) is 0 Å². The van der Waals surface area contributed by atoms with Crippen molar-refractivity contribution in [3.8, 4) is 0 Å². The van der Waals surface area contributed by atoms with E-state index in [-0.39, 0.29) is 13.0 Å². The molecule has 0 radical (unpaired) electrons. The average Bonchev–Trinajstić information content (AvgIpc) is 2.63. The van der Waals surface area contributed by atoms with E-state index in [4.69, 9.17) is 9.47 Å². The van der Waals surface area contributed by atoms with Gasteiger partial charge in [0.15, 0.2) is 0 Å². The largest absolute Gasteiger partial charge is 0.463 e. The van der Waals surface area contributed by atoms with Gasteiger partial charge in [0.2, 0.25) is 0 Å². The molecule has 0 saturated carbocycles. The van der Waals surface area contributed by atoms with Crippen LogP contribution < -0.4 is 10.6 Å². The van der Waals surface area contributed by atoms with Crippen molar-refractivity contribution in [2.24, 2.45) is 0 Å². The Bertz CT molecular complexity index is 451. The summed E-state index contributed by atoms with van der Waals surface area (Å²) in [6.07, 6.45) is 0.456. The summed E-state index contributed by atoms with van der Waals surface area (Å²) in [6.45, 7) is 1.16. The second kappa shape index (κ2) is 5.88. The third kappa shape index (κ3) is 3.25. The van der Waals surface area contributed by atoms with Crippen LogP contribution in [0.1, 0.15) is 13.3 Å². The summed E-state index contributed by atoms with van der Waals surface area (Å²) in [7, 11) is 0. The van der Waals surface area contributed by atoms with E-state index in [9.17, 15) is 19.5 Å². The van der Waals surface area contributed by atoms with E-state index >= 15 is 0 Å². The van der Waals surface area contributed by atoms with Gasteiger partial charge in [0.1, 0.15) is 18.9 Å². The minimum atomic E-state index is -0.868. The number of imide groups is 1. The number of hydrogen-bond donors (Lipinski definition) is 3. The molecule has 0 bridgehead atoms. The summed E-state index contributed by atoms with van der Waals surface area (Å²) in [5.74, 6) is -0.480. The van der Waals surface area contributed by atoms with E-state index < -0.39 is 36.5 Å². The van der Waals surface area contributed by atoms with Gasteiger partial charge in [-0.15, -0.1) is 0 Å². The van der Waals surface area contributed by atoms with Crippen molar-refractivity contribution >= 4 is 18.0 Å². The molecule has 2 aliphatic rings. The number of carbonyl (C=O) groups excluding carboxylic acids is 3. The number of urea groups is 2. The number of esters is 1. The van der Waals surface area contributed by atoms with Crippen LogP contribution >= 0.6 is 0 Å². The molecule has 20 heavy (non-hydrogen) atoms. The minimum Gasteiger partial charge on any atom is -0.463 e. The first-order valence-corrected chi connectivity index (χ1v) is 6.00. The Morgan fingerprint density at radius 3 is 3.05 bits per heavy atom. The van der Waals surface area contributed by atoms with Gasteiger partial charge in [-0.05, 0) is 0 Å². The van der Waals surface area contributed by atoms with E-state index in [1.165, 1.54) is 19.3 Å². The summed E-state index contributed by atoms with van der Waals surface area (Å²) in [4.78, 5) is 34.7. The van der Waals surface area contributed by atoms with Gasteiger partial charge in [0, 0.05) is 25.7 Å². The van der Waals surface area contributed by atoms with Gasteiger partial charge in [0.25, 0.3) is 0 Å². The summed E-state index contributed by atoms with van der Waals surface area (Å²) in [5.41, 5.74) is 0. The van der Waals surface area contributed by atoms with Gasteiger partial charge >= 0.3 is 18.0 Å². The fraction of sp³-hybridized carbons (Fsp3) is 0.545. The van der Waals surface area contributed by atoms with Gasteiger partial charge < -0.3 is 19.9 Å². The highest BCUT2D eigenvalue weighted by Crippen LogP contribution is 2.24. The van der Waals surface area contributed by atoms with Crippen LogP contribution in [0.5, 0.6) is 0 Å². The van der Waals surface area contributed by atoms with E-state index in [2.05, 4.69) is 10.6 Å². The van der Waals surface area contributed by atoms with Crippen LogP contribution in [0, 0.1) is 0 Å². The maximum Gasteiger partial charge on any atom is 0.331 e. The Morgan fingerprint density at radius 1 is 1.60 bits per heavy atom. The molecule has 9 nitrogen and oxygen atoms in total. The van der Waals surface area contributed by atoms with Gasteiger partial charge in [-0.25, -0.2) is 9.59 Å². The van der Waals surface area contributed by atoms with Gasteiger partial charge in [-0.3, -0.25) is 15.0 Å². The molecule has 0 unspecified atom stereocenters. The monoisotopic (exact) mass is 285 g/mol. The molecule has 0 spiro atoms. The zero-order chi connectivity index (χ0) is 14.7. The number of hydrogen-bond acceptors (Lipinski definition) is 6. The second-order valence-corrected chi connectivity index (χ2v) is 4.36. The van der Waals surface area contributed by atoms with Gasteiger partial charge in [-0.2, -0.15) is 0 Å². The Hall–Kier alpha value is -2.13. The van der Waals surface area contributed by atoms with Crippen molar-refractivity contribution in [3.63, 3.8) is 0 Å². The highest BCUT2D eigenvalue weighted by molar-refractivity contribution is 5.95. The molecular weight excluding hydrogens is 270 g/mol. The molecule has 2 heterocycles. The smallest absolute Gasteiger partial charge is 0.331 e. The Balaban J connectivity index is 1.98. The van der Waals surface area contributed by atoms with Crippen molar-refractivity contribution in [1.82, 2.24) is 15.5 Å². The lowest BCUT2D eigenvalue weighted by molar-refractivity contribution is -0.147. The average molecular weight is 285 g/mol. The summed E-state index contributed by atoms with van der Waals surface area (Å²) in [5, 5.41) is 14.2. The van der Waals surface area contributed by atoms with Crippen molar-refractivity contribution < 1.29 is 29.0 Å². The number of aliphatic hydroxyl groups is 1.